The molecule has 5 N–H and O–H groups in total. The summed E-state index contributed by atoms with van der Waals surface area (Å²) < 4.78 is 10.3. The molecule has 338 valence electrons. The van der Waals surface area contributed by atoms with Crippen LogP contribution in [0.5, 0.6) is 0 Å². The van der Waals surface area contributed by atoms with E-state index in [1.54, 1.807) is 25.7 Å². The first-order chi connectivity index (χ1) is 29.7. The number of aliphatic carboxylic acids is 3. The molecule has 2 saturated heterocycles. The summed E-state index contributed by atoms with van der Waals surface area (Å²) in [5, 5.41) is 34.9. The number of ether oxygens (including phenoxy) is 2. The molecule has 0 unspecified atom stereocenters. The quantitative estimate of drug-likeness (QED) is 0.1000. The number of carbonyl (C=O) groups is 7. The van der Waals surface area contributed by atoms with Crippen molar-refractivity contribution >= 4 is 41.7 Å². The fourth-order valence-electron chi connectivity index (χ4n) is 9.78. The van der Waals surface area contributed by atoms with Gasteiger partial charge < -0.3 is 34.6 Å². The van der Waals surface area contributed by atoms with Crippen LogP contribution in [0, 0.1) is 11.8 Å². The first kappa shape index (κ1) is 47.7. The molecule has 2 saturated carbocycles. The number of carbonyl (C=O) groups excluding carboxylic acids is 4. The lowest BCUT2D eigenvalue weighted by atomic mass is 10.0. The summed E-state index contributed by atoms with van der Waals surface area (Å²) in [6.07, 6.45) is 7.92. The molecule has 2 aliphatic heterocycles. The minimum absolute atomic E-state index is 0.00629. The highest BCUT2D eigenvalue weighted by Gasteiger charge is 2.52. The molecule has 0 radical (unpaired) electrons. The van der Waals surface area contributed by atoms with Crippen LogP contribution < -0.4 is 10.6 Å². The number of aryl methyl sites for hydroxylation is 2. The van der Waals surface area contributed by atoms with Gasteiger partial charge in [0, 0.05) is 12.1 Å². The van der Waals surface area contributed by atoms with Gasteiger partial charge in [0.25, 0.3) is 5.91 Å². The van der Waals surface area contributed by atoms with Crippen LogP contribution in [0.2, 0.25) is 0 Å². The molecule has 6 rings (SSSR count). The van der Waals surface area contributed by atoms with E-state index >= 15 is 0 Å². The second kappa shape index (κ2) is 22.7. The van der Waals surface area contributed by atoms with Crippen molar-refractivity contribution in [2.75, 3.05) is 13.2 Å². The molecule has 4 aliphatic rings. The fraction of sp³-hybridized carbons (Fsp3) is 0.587. The number of likely N-dealkylation sites (tertiary alicyclic amines) is 2. The van der Waals surface area contributed by atoms with E-state index in [1.165, 1.54) is 4.90 Å². The van der Waals surface area contributed by atoms with Gasteiger partial charge in [-0.05, 0) is 108 Å². The number of rotatable bonds is 19. The van der Waals surface area contributed by atoms with Crippen molar-refractivity contribution < 1.29 is 58.4 Å². The minimum atomic E-state index is -1.73. The van der Waals surface area contributed by atoms with Crippen LogP contribution in [0.3, 0.4) is 0 Å². The second-order valence-corrected chi connectivity index (χ2v) is 16.7. The molecule has 2 aromatic carbocycles. The third-order valence-corrected chi connectivity index (χ3v) is 12.7. The first-order valence-corrected chi connectivity index (χ1v) is 22.0. The molecule has 16 heteroatoms. The smallest absolute Gasteiger partial charge is 0.330 e. The number of hydrogen-bond acceptors (Lipinski definition) is 11. The number of carboxylic acid groups (broad SMARTS) is 3. The van der Waals surface area contributed by atoms with E-state index < -0.39 is 66.0 Å². The van der Waals surface area contributed by atoms with Crippen molar-refractivity contribution in [3.63, 3.8) is 0 Å². The Bertz CT molecular complexity index is 1860. The molecular weight excluding hydrogens is 801 g/mol. The highest BCUT2D eigenvalue weighted by atomic mass is 16.5. The number of carboxylic acids is 3. The maximum atomic E-state index is 13.3. The van der Waals surface area contributed by atoms with Crippen LogP contribution in [-0.2, 0) is 55.9 Å². The summed E-state index contributed by atoms with van der Waals surface area (Å²) in [6, 6.07) is 13.1. The van der Waals surface area contributed by atoms with Gasteiger partial charge in [-0.25, -0.2) is 14.4 Å². The second-order valence-electron chi connectivity index (χ2n) is 16.7. The Morgan fingerprint density at radius 1 is 0.629 bits per heavy atom. The van der Waals surface area contributed by atoms with Gasteiger partial charge in [-0.15, -0.1) is 0 Å². The van der Waals surface area contributed by atoms with E-state index in [9.17, 15) is 48.9 Å². The van der Waals surface area contributed by atoms with Crippen LogP contribution in [0.1, 0.15) is 96.1 Å². The molecule has 4 fully saturated rings. The Morgan fingerprint density at radius 3 is 1.45 bits per heavy atom. The molecule has 0 aromatic heterocycles. The maximum Gasteiger partial charge on any atom is 0.330 e. The Hall–Kier alpha value is -5.35. The van der Waals surface area contributed by atoms with Crippen molar-refractivity contribution in [3.05, 3.63) is 71.8 Å². The summed E-state index contributed by atoms with van der Waals surface area (Å²) in [5.41, 5.74) is 2.06. The molecular formula is C46H62N4O12. The zero-order chi connectivity index (χ0) is 44.9. The number of fused-ring (bicyclic) bond motifs is 2. The molecule has 0 spiro atoms. The number of nitrogens with one attached hydrogen (secondary N) is 2. The van der Waals surface area contributed by atoms with Gasteiger partial charge in [0.15, 0.2) is 6.04 Å². The predicted octanol–water partition coefficient (Wildman–Crippen LogP) is 3.83. The molecule has 2 amide bonds. The van der Waals surface area contributed by atoms with Crippen molar-refractivity contribution in [2.45, 2.75) is 146 Å². The van der Waals surface area contributed by atoms with Gasteiger partial charge in [0.1, 0.15) is 24.2 Å². The fourth-order valence-corrected chi connectivity index (χ4v) is 9.78. The molecule has 2 aliphatic carbocycles. The van der Waals surface area contributed by atoms with Gasteiger partial charge >= 0.3 is 29.8 Å². The predicted molar refractivity (Wildman–Crippen MR) is 226 cm³/mol. The van der Waals surface area contributed by atoms with E-state index in [2.05, 4.69) is 10.6 Å². The zero-order valence-corrected chi connectivity index (χ0v) is 35.9. The van der Waals surface area contributed by atoms with Gasteiger partial charge in [0.05, 0.1) is 19.3 Å². The topological polar surface area (TPSA) is 229 Å². The lowest BCUT2D eigenvalue weighted by Crippen LogP contribution is -2.59. The Labute approximate surface area is 362 Å². The van der Waals surface area contributed by atoms with E-state index in [0.29, 0.717) is 38.5 Å². The van der Waals surface area contributed by atoms with E-state index in [0.717, 1.165) is 43.2 Å². The van der Waals surface area contributed by atoms with Crippen LogP contribution >= 0.6 is 0 Å². The Balaban J connectivity index is 0.000000235. The standard InChI is InChI=1S/C23H30N2O7.C23H32N2O5/c1-2-32-23(31)16(12-11-14-7-4-3-5-8-14)24-19(22(29)30)20(26)25-17-10-6-9-15(17)13-18(25)21(27)28;1-3-30-23(29)18(13-12-16-8-5-4-6-9-16)24-15(2)21(26)25-19-11-7-10-17(19)14-20(25)22(27)28/h3-5,7-8,15-19,24H,2,6,9-13H2,1H3,(H,27,28)(H,29,30);4-6,8-9,15,17-20,24H,3,7,10-14H2,1-2H3,(H,27,28)/t15-,16-,17-,18-,19+;15-,17-,18-,19-,20-/m00/s1. The van der Waals surface area contributed by atoms with Gasteiger partial charge in [-0.3, -0.25) is 29.8 Å². The monoisotopic (exact) mass is 862 g/mol. The molecule has 10 atom stereocenters. The van der Waals surface area contributed by atoms with Crippen molar-refractivity contribution in [2.24, 2.45) is 11.8 Å². The largest absolute Gasteiger partial charge is 0.480 e. The summed E-state index contributed by atoms with van der Waals surface area (Å²) in [7, 11) is 0. The molecule has 2 aromatic rings. The summed E-state index contributed by atoms with van der Waals surface area (Å²) >= 11 is 0. The lowest BCUT2D eigenvalue weighted by molar-refractivity contribution is -0.157. The molecule has 0 bridgehead atoms. The van der Waals surface area contributed by atoms with Crippen molar-refractivity contribution in [1.82, 2.24) is 20.4 Å². The van der Waals surface area contributed by atoms with Crippen LogP contribution in [0.4, 0.5) is 0 Å². The summed E-state index contributed by atoms with van der Waals surface area (Å²) in [4.78, 5) is 89.9. The number of benzene rings is 2. The number of esters is 2. The van der Waals surface area contributed by atoms with Crippen molar-refractivity contribution in [1.29, 1.82) is 0 Å². The third kappa shape index (κ3) is 12.0. The zero-order valence-electron chi connectivity index (χ0n) is 35.9. The van der Waals surface area contributed by atoms with Gasteiger partial charge in [-0.2, -0.15) is 0 Å². The van der Waals surface area contributed by atoms with Crippen LogP contribution in [0.15, 0.2) is 60.7 Å². The maximum absolute atomic E-state index is 13.3. The van der Waals surface area contributed by atoms with Crippen LogP contribution in [-0.4, -0.2) is 128 Å². The van der Waals surface area contributed by atoms with E-state index in [4.69, 9.17) is 9.47 Å². The highest BCUT2D eigenvalue weighted by Crippen LogP contribution is 2.43. The van der Waals surface area contributed by atoms with Crippen LogP contribution in [0.25, 0.3) is 0 Å². The number of hydrogen-bond donors (Lipinski definition) is 5. The highest BCUT2D eigenvalue weighted by molar-refractivity contribution is 6.03. The van der Waals surface area contributed by atoms with E-state index in [1.807, 2.05) is 60.7 Å². The summed E-state index contributed by atoms with van der Waals surface area (Å²) in [6.45, 7) is 5.49. The van der Waals surface area contributed by atoms with Crippen molar-refractivity contribution in [3.8, 4) is 0 Å². The number of nitrogens with zero attached hydrogens (tertiary/aromatic N) is 2. The lowest BCUT2D eigenvalue weighted by Gasteiger charge is -2.31. The first-order valence-electron chi connectivity index (χ1n) is 22.0. The Morgan fingerprint density at radius 2 is 1.05 bits per heavy atom. The minimum Gasteiger partial charge on any atom is -0.480 e. The summed E-state index contributed by atoms with van der Waals surface area (Å²) in [5.74, 6) is -5.29. The van der Waals surface area contributed by atoms with E-state index in [-0.39, 0.29) is 55.4 Å². The molecule has 16 nitrogen and oxygen atoms in total. The molecule has 2 heterocycles. The average molecular weight is 863 g/mol. The third-order valence-electron chi connectivity index (χ3n) is 12.7. The van der Waals surface area contributed by atoms with Gasteiger partial charge in [-0.1, -0.05) is 73.5 Å². The van der Waals surface area contributed by atoms with Gasteiger partial charge in [0.2, 0.25) is 5.91 Å². The SMILES string of the molecule is CCOC(=O)[C@H](CCc1ccccc1)N[C@@H](C(=O)O)C(=O)N1[C@H](C(=O)O)C[C@@H]2CCC[C@@H]21.CCOC(=O)[C@H](CCc1ccccc1)N[C@@H](C)C(=O)N1[C@H](C(=O)O)C[C@@H]2CCC[C@@H]21. The number of amides is 2. The average Bonchev–Trinajstić information content (AvgIpc) is 4.05. The normalized spacial score (nSPS) is 24.4. The molecule has 62 heavy (non-hydrogen) atoms. The Kier molecular flexibility index (Phi) is 17.4.